The van der Waals surface area contributed by atoms with E-state index in [1.54, 1.807) is 30.3 Å². The largest absolute Gasteiger partial charge is 0.490 e. The number of anilines is 3. The third-order valence-electron chi connectivity index (χ3n) is 6.93. The molecule has 1 aliphatic rings. The van der Waals surface area contributed by atoms with Crippen molar-refractivity contribution in [2.45, 2.75) is 18.4 Å². The summed E-state index contributed by atoms with van der Waals surface area (Å²) in [6.45, 7) is 0. The molecular formula is C30H26N4O6. The Morgan fingerprint density at radius 1 is 0.925 bits per heavy atom. The summed E-state index contributed by atoms with van der Waals surface area (Å²) in [5.74, 6) is -1.34. The second-order valence-corrected chi connectivity index (χ2v) is 9.41. The van der Waals surface area contributed by atoms with Crippen molar-refractivity contribution in [3.05, 3.63) is 112 Å². The van der Waals surface area contributed by atoms with Gasteiger partial charge in [-0.25, -0.2) is 0 Å². The SMILES string of the molecule is COc1cc(-c2ccc3c(c2)Nc2ccc(C(C[C@@H](O)C(N)=O)c4ccccc4)cc2NC3=O)ccc1[N+](=O)[O-]. The Bertz CT molecular complexity index is 1620. The summed E-state index contributed by atoms with van der Waals surface area (Å²) < 4.78 is 5.20. The van der Waals surface area contributed by atoms with E-state index in [1.807, 2.05) is 48.5 Å². The number of amides is 2. The van der Waals surface area contributed by atoms with E-state index in [4.69, 9.17) is 10.5 Å². The third-order valence-corrected chi connectivity index (χ3v) is 6.93. The van der Waals surface area contributed by atoms with Crippen LogP contribution in [0.4, 0.5) is 22.7 Å². The highest BCUT2D eigenvalue weighted by molar-refractivity contribution is 6.12. The standard InChI is InChI=1S/C30H26N4O6/c1-40-28-15-19(9-12-26(28)34(38)39)18-7-10-21-24(13-18)32-23-11-8-20(14-25(23)33-30(21)37)22(16-27(35)29(31)36)17-5-3-2-4-6-17/h2-15,22,27,32,35H,16H2,1H3,(H2,31,36)(H,33,37)/t22?,27-/m1/s1. The fraction of sp³-hybridized carbons (Fsp3) is 0.133. The zero-order valence-corrected chi connectivity index (χ0v) is 21.5. The lowest BCUT2D eigenvalue weighted by molar-refractivity contribution is -0.385. The van der Waals surface area contributed by atoms with Crippen LogP contribution < -0.4 is 21.1 Å². The van der Waals surface area contributed by atoms with Crippen molar-refractivity contribution in [2.24, 2.45) is 5.73 Å². The smallest absolute Gasteiger partial charge is 0.310 e. The van der Waals surface area contributed by atoms with Crippen LogP contribution in [0.15, 0.2) is 84.9 Å². The number of rotatable bonds is 8. The van der Waals surface area contributed by atoms with Gasteiger partial charge >= 0.3 is 5.69 Å². The molecule has 4 aromatic carbocycles. The van der Waals surface area contributed by atoms with E-state index < -0.39 is 16.9 Å². The van der Waals surface area contributed by atoms with Crippen LogP contribution >= 0.6 is 0 Å². The number of fused-ring (bicyclic) bond motifs is 2. The van der Waals surface area contributed by atoms with Crippen LogP contribution in [0.1, 0.15) is 33.8 Å². The lowest BCUT2D eigenvalue weighted by atomic mass is 9.86. The molecule has 0 bridgehead atoms. The second-order valence-electron chi connectivity index (χ2n) is 9.41. The summed E-state index contributed by atoms with van der Waals surface area (Å²) >= 11 is 0. The molecule has 40 heavy (non-hydrogen) atoms. The lowest BCUT2D eigenvalue weighted by Crippen LogP contribution is -2.30. The fourth-order valence-corrected chi connectivity index (χ4v) is 4.85. The first-order valence-electron chi connectivity index (χ1n) is 12.5. The van der Waals surface area contributed by atoms with Crippen molar-refractivity contribution >= 4 is 34.6 Å². The molecule has 10 heteroatoms. The van der Waals surface area contributed by atoms with Crippen LogP contribution in [0.25, 0.3) is 11.1 Å². The van der Waals surface area contributed by atoms with Gasteiger partial charge in [-0.1, -0.05) is 42.5 Å². The second kappa shape index (κ2) is 10.9. The molecule has 1 aliphatic heterocycles. The van der Waals surface area contributed by atoms with Crippen molar-refractivity contribution < 1.29 is 24.4 Å². The molecule has 0 spiro atoms. The predicted molar refractivity (Wildman–Crippen MR) is 151 cm³/mol. The minimum Gasteiger partial charge on any atom is -0.490 e. The van der Waals surface area contributed by atoms with Gasteiger partial charge in [0.1, 0.15) is 6.10 Å². The Labute approximate surface area is 229 Å². The van der Waals surface area contributed by atoms with Gasteiger partial charge in [0.25, 0.3) is 5.91 Å². The van der Waals surface area contributed by atoms with Gasteiger partial charge in [0.05, 0.1) is 34.7 Å². The number of hydrogen-bond acceptors (Lipinski definition) is 7. The van der Waals surface area contributed by atoms with E-state index >= 15 is 0 Å². The Morgan fingerprint density at radius 3 is 2.35 bits per heavy atom. The number of aliphatic hydroxyl groups is 1. The van der Waals surface area contributed by atoms with Crippen LogP contribution in [-0.2, 0) is 4.79 Å². The first kappa shape index (κ1) is 26.4. The van der Waals surface area contributed by atoms with Gasteiger partial charge in [-0.2, -0.15) is 0 Å². The summed E-state index contributed by atoms with van der Waals surface area (Å²) in [5, 5.41) is 27.8. The molecule has 5 N–H and O–H groups in total. The first-order chi connectivity index (χ1) is 19.2. The number of nitrogens with zero attached hydrogens (tertiary/aromatic N) is 1. The number of carbonyl (C=O) groups is 2. The van der Waals surface area contributed by atoms with E-state index in [9.17, 15) is 24.8 Å². The van der Waals surface area contributed by atoms with E-state index in [-0.39, 0.29) is 29.7 Å². The summed E-state index contributed by atoms with van der Waals surface area (Å²) in [6.07, 6.45) is -1.25. The number of nitrogens with one attached hydrogen (secondary N) is 2. The monoisotopic (exact) mass is 538 g/mol. The maximum absolute atomic E-state index is 13.2. The average Bonchev–Trinajstić information content (AvgIpc) is 3.10. The number of ether oxygens (including phenoxy) is 1. The van der Waals surface area contributed by atoms with Gasteiger partial charge in [0.2, 0.25) is 5.91 Å². The quantitative estimate of drug-likeness (QED) is 0.183. The number of benzene rings is 4. The van der Waals surface area contributed by atoms with Gasteiger partial charge in [-0.3, -0.25) is 19.7 Å². The average molecular weight is 539 g/mol. The zero-order valence-electron chi connectivity index (χ0n) is 21.5. The highest BCUT2D eigenvalue weighted by Crippen LogP contribution is 2.39. The van der Waals surface area contributed by atoms with Gasteiger partial charge in [0.15, 0.2) is 5.75 Å². The molecule has 1 heterocycles. The lowest BCUT2D eigenvalue weighted by Gasteiger charge is -2.21. The van der Waals surface area contributed by atoms with Crippen LogP contribution in [-0.4, -0.2) is 35.1 Å². The van der Waals surface area contributed by atoms with E-state index in [1.165, 1.54) is 13.2 Å². The van der Waals surface area contributed by atoms with E-state index in [2.05, 4.69) is 10.6 Å². The molecule has 0 saturated heterocycles. The van der Waals surface area contributed by atoms with Gasteiger partial charge < -0.3 is 26.2 Å². The molecule has 2 atom stereocenters. The summed E-state index contributed by atoms with van der Waals surface area (Å²) in [4.78, 5) is 35.6. The Hall–Kier alpha value is -5.22. The molecule has 202 valence electrons. The molecule has 0 saturated carbocycles. The molecule has 5 rings (SSSR count). The van der Waals surface area contributed by atoms with Crippen molar-refractivity contribution in [1.82, 2.24) is 0 Å². The number of aliphatic hydroxyl groups excluding tert-OH is 1. The molecule has 0 aromatic heterocycles. The minimum atomic E-state index is -1.34. The highest BCUT2D eigenvalue weighted by atomic mass is 16.6. The molecular weight excluding hydrogens is 512 g/mol. The van der Waals surface area contributed by atoms with Crippen molar-refractivity contribution in [3.8, 4) is 16.9 Å². The molecule has 2 amide bonds. The fourth-order valence-electron chi connectivity index (χ4n) is 4.85. The summed E-state index contributed by atoms with van der Waals surface area (Å²) in [5.41, 5.74) is 10.5. The van der Waals surface area contributed by atoms with Crippen LogP contribution in [0, 0.1) is 10.1 Å². The Morgan fingerprint density at radius 2 is 1.65 bits per heavy atom. The number of nitro benzene ring substituents is 1. The first-order valence-corrected chi connectivity index (χ1v) is 12.5. The molecule has 0 aliphatic carbocycles. The highest BCUT2D eigenvalue weighted by Gasteiger charge is 2.25. The molecule has 0 fully saturated rings. The Kier molecular flexibility index (Phi) is 7.17. The van der Waals surface area contributed by atoms with Crippen LogP contribution in [0.3, 0.4) is 0 Å². The normalized spacial score (nSPS) is 13.5. The maximum atomic E-state index is 13.2. The van der Waals surface area contributed by atoms with Crippen molar-refractivity contribution in [2.75, 3.05) is 17.7 Å². The number of nitro groups is 1. The minimum absolute atomic E-state index is 0.0851. The number of hydrogen-bond donors (Lipinski definition) is 4. The van der Waals surface area contributed by atoms with E-state index in [0.29, 0.717) is 28.2 Å². The summed E-state index contributed by atoms with van der Waals surface area (Å²) in [7, 11) is 1.37. The molecule has 0 radical (unpaired) electrons. The van der Waals surface area contributed by atoms with Gasteiger partial charge in [-0.05, 0) is 65.1 Å². The van der Waals surface area contributed by atoms with Gasteiger partial charge in [0, 0.05) is 12.0 Å². The zero-order chi connectivity index (χ0) is 28.4. The van der Waals surface area contributed by atoms with Crippen molar-refractivity contribution in [3.63, 3.8) is 0 Å². The third kappa shape index (κ3) is 5.20. The number of carbonyl (C=O) groups excluding carboxylic acids is 2. The molecule has 4 aromatic rings. The Balaban J connectivity index is 1.50. The van der Waals surface area contributed by atoms with Gasteiger partial charge in [-0.15, -0.1) is 0 Å². The molecule has 1 unspecified atom stereocenters. The summed E-state index contributed by atoms with van der Waals surface area (Å²) in [6, 6.07) is 24.8. The van der Waals surface area contributed by atoms with Crippen LogP contribution in [0.2, 0.25) is 0 Å². The topological polar surface area (TPSA) is 157 Å². The van der Waals surface area contributed by atoms with E-state index in [0.717, 1.165) is 16.7 Å². The number of nitrogens with two attached hydrogens (primary N) is 1. The predicted octanol–water partition coefficient (Wildman–Crippen LogP) is 4.95. The number of primary amides is 1. The molecule has 10 nitrogen and oxygen atoms in total. The van der Waals surface area contributed by atoms with Crippen LogP contribution in [0.5, 0.6) is 5.75 Å². The maximum Gasteiger partial charge on any atom is 0.310 e. The number of methoxy groups -OCH3 is 1. The van der Waals surface area contributed by atoms with Crippen molar-refractivity contribution in [1.29, 1.82) is 0 Å².